The van der Waals surface area contributed by atoms with Crippen molar-refractivity contribution in [3.63, 3.8) is 0 Å². The highest BCUT2D eigenvalue weighted by Crippen LogP contribution is 2.38. The second-order valence-corrected chi connectivity index (χ2v) is 7.21. The summed E-state index contributed by atoms with van der Waals surface area (Å²) in [6, 6.07) is 9.08. The number of methoxy groups -OCH3 is 3. The van der Waals surface area contributed by atoms with Crippen LogP contribution in [-0.4, -0.2) is 41.2 Å². The molecule has 29 heavy (non-hydrogen) atoms. The molecule has 0 radical (unpaired) electrons. The van der Waals surface area contributed by atoms with Crippen LogP contribution in [0.1, 0.15) is 29.8 Å². The van der Waals surface area contributed by atoms with E-state index in [2.05, 4.69) is 0 Å². The predicted octanol–water partition coefficient (Wildman–Crippen LogP) is 4.28. The highest BCUT2D eigenvalue weighted by molar-refractivity contribution is 6.13. The molecule has 0 saturated heterocycles. The van der Waals surface area contributed by atoms with Crippen molar-refractivity contribution in [1.82, 2.24) is 0 Å². The van der Waals surface area contributed by atoms with Gasteiger partial charge in [0.15, 0.2) is 17.3 Å². The summed E-state index contributed by atoms with van der Waals surface area (Å²) < 4.78 is 16.2. The molecule has 0 fully saturated rings. The first-order valence-corrected chi connectivity index (χ1v) is 9.36. The lowest BCUT2D eigenvalue weighted by Gasteiger charge is -2.18. The summed E-state index contributed by atoms with van der Waals surface area (Å²) in [4.78, 5) is 15.4. The molecular weight excluding hydrogens is 368 g/mol. The molecule has 0 saturated carbocycles. The van der Waals surface area contributed by atoms with E-state index < -0.39 is 0 Å². The second-order valence-electron chi connectivity index (χ2n) is 7.21. The minimum atomic E-state index is -0.141. The van der Waals surface area contributed by atoms with Gasteiger partial charge < -0.3 is 24.8 Å². The number of Topliss-reactive ketones (excluding diaryl/α,β-unsaturated/α-hetero) is 1. The lowest BCUT2D eigenvalue weighted by atomic mass is 9.91. The van der Waals surface area contributed by atoms with Gasteiger partial charge >= 0.3 is 0 Å². The van der Waals surface area contributed by atoms with Crippen LogP contribution in [0, 0.1) is 5.92 Å². The van der Waals surface area contributed by atoms with E-state index in [0.29, 0.717) is 34.1 Å². The van der Waals surface area contributed by atoms with Crippen LogP contribution in [0.25, 0.3) is 6.08 Å². The molecule has 2 N–H and O–H groups in total. The molecule has 0 amide bonds. The van der Waals surface area contributed by atoms with Crippen LogP contribution in [0.3, 0.4) is 0 Å². The Morgan fingerprint density at radius 3 is 2.24 bits per heavy atom. The van der Waals surface area contributed by atoms with Gasteiger partial charge in [0.25, 0.3) is 0 Å². The number of hydrogen-bond donors (Lipinski definition) is 1. The van der Waals surface area contributed by atoms with E-state index >= 15 is 0 Å². The average molecular weight is 399 g/mol. The number of ketones is 1. The van der Waals surface area contributed by atoms with Crippen molar-refractivity contribution in [3.8, 4) is 17.2 Å². The lowest BCUT2D eigenvalue weighted by molar-refractivity contribution is 0.102. The molecule has 0 bridgehead atoms. The minimum absolute atomic E-state index is 0.00948. The van der Waals surface area contributed by atoms with Gasteiger partial charge in [-0.1, -0.05) is 19.9 Å². The third-order valence-electron chi connectivity index (χ3n) is 4.68. The highest BCUT2D eigenvalue weighted by Gasteiger charge is 2.23. The van der Waals surface area contributed by atoms with E-state index in [1.54, 1.807) is 19.2 Å². The van der Waals surface area contributed by atoms with Gasteiger partial charge in [-0.25, -0.2) is 0 Å². The Balaban J connectivity index is 2.62. The molecule has 156 valence electrons. The number of allylic oxidation sites excluding steroid dienone is 1. The van der Waals surface area contributed by atoms with Gasteiger partial charge in [0.2, 0.25) is 0 Å². The van der Waals surface area contributed by atoms with Gasteiger partial charge in [-0.05, 0) is 35.8 Å². The molecule has 0 heterocycles. The Kier molecular flexibility index (Phi) is 7.15. The van der Waals surface area contributed by atoms with Crippen molar-refractivity contribution in [1.29, 1.82) is 0 Å². The van der Waals surface area contributed by atoms with Crippen LogP contribution in [0.15, 0.2) is 35.9 Å². The molecule has 2 aromatic carbocycles. The fourth-order valence-corrected chi connectivity index (χ4v) is 3.09. The molecule has 0 spiro atoms. The first-order valence-electron chi connectivity index (χ1n) is 9.36. The molecule has 0 aliphatic heterocycles. The maximum atomic E-state index is 13.5. The standard InChI is InChI=1S/C23H30N2O4/c1-14(2)17(10-15-8-9-19(24)20(11-15)25(3)4)22(26)18-12-16(27-5)13-21(28-6)23(18)29-7/h8-14H,24H2,1-7H3. The minimum Gasteiger partial charge on any atom is -0.497 e. The van der Waals surface area contributed by atoms with Gasteiger partial charge in [-0.3, -0.25) is 4.79 Å². The number of rotatable bonds is 8. The molecule has 0 unspecified atom stereocenters. The summed E-state index contributed by atoms with van der Waals surface area (Å²) in [5, 5.41) is 0. The Morgan fingerprint density at radius 2 is 1.72 bits per heavy atom. The third kappa shape index (κ3) is 4.83. The maximum absolute atomic E-state index is 13.5. The number of carbonyl (C=O) groups excluding carboxylic acids is 1. The molecule has 6 heteroatoms. The zero-order valence-electron chi connectivity index (χ0n) is 18.2. The van der Waals surface area contributed by atoms with Crippen LogP contribution in [0.5, 0.6) is 17.2 Å². The summed E-state index contributed by atoms with van der Waals surface area (Å²) in [5.41, 5.74) is 9.58. The van der Waals surface area contributed by atoms with Crippen molar-refractivity contribution < 1.29 is 19.0 Å². The lowest BCUT2D eigenvalue weighted by Crippen LogP contribution is -2.12. The molecule has 0 aliphatic carbocycles. The van der Waals surface area contributed by atoms with Crippen molar-refractivity contribution in [2.75, 3.05) is 46.1 Å². The van der Waals surface area contributed by atoms with Crippen molar-refractivity contribution in [2.24, 2.45) is 5.92 Å². The van der Waals surface area contributed by atoms with E-state index in [1.165, 1.54) is 14.2 Å². The number of ether oxygens (including phenoxy) is 3. The Labute approximate surface area is 172 Å². The van der Waals surface area contributed by atoms with Gasteiger partial charge in [0.05, 0.1) is 38.3 Å². The summed E-state index contributed by atoms with van der Waals surface area (Å²) in [6.45, 7) is 3.97. The number of anilines is 2. The van der Waals surface area contributed by atoms with Crippen molar-refractivity contribution >= 4 is 23.2 Å². The van der Waals surface area contributed by atoms with Crippen LogP contribution in [0.2, 0.25) is 0 Å². The molecule has 0 aromatic heterocycles. The quantitative estimate of drug-likeness (QED) is 0.406. The van der Waals surface area contributed by atoms with E-state index in [-0.39, 0.29) is 11.7 Å². The zero-order chi connectivity index (χ0) is 21.7. The van der Waals surface area contributed by atoms with Crippen LogP contribution >= 0.6 is 0 Å². The van der Waals surface area contributed by atoms with E-state index in [9.17, 15) is 4.79 Å². The number of nitrogens with two attached hydrogens (primary N) is 1. The van der Waals surface area contributed by atoms with Gasteiger partial charge in [0, 0.05) is 25.7 Å². The fraction of sp³-hybridized carbons (Fsp3) is 0.348. The number of benzene rings is 2. The number of nitrogen functional groups attached to an aromatic ring is 1. The smallest absolute Gasteiger partial charge is 0.193 e. The van der Waals surface area contributed by atoms with Crippen LogP contribution < -0.4 is 24.8 Å². The molecule has 2 aromatic rings. The summed E-state index contributed by atoms with van der Waals surface area (Å²) >= 11 is 0. The molecule has 6 nitrogen and oxygen atoms in total. The molecule has 2 rings (SSSR count). The third-order valence-corrected chi connectivity index (χ3v) is 4.68. The Morgan fingerprint density at radius 1 is 1.03 bits per heavy atom. The molecule has 0 aliphatic rings. The maximum Gasteiger partial charge on any atom is 0.193 e. The summed E-state index contributed by atoms with van der Waals surface area (Å²) in [6.07, 6.45) is 1.89. The fourth-order valence-electron chi connectivity index (χ4n) is 3.09. The van der Waals surface area contributed by atoms with Crippen LogP contribution in [-0.2, 0) is 0 Å². The van der Waals surface area contributed by atoms with Crippen LogP contribution in [0.4, 0.5) is 11.4 Å². The average Bonchev–Trinajstić information content (AvgIpc) is 2.70. The van der Waals surface area contributed by atoms with Gasteiger partial charge in [-0.2, -0.15) is 0 Å². The van der Waals surface area contributed by atoms with E-state index in [0.717, 1.165) is 11.3 Å². The molecule has 0 atom stereocenters. The topological polar surface area (TPSA) is 74.0 Å². The van der Waals surface area contributed by atoms with E-state index in [4.69, 9.17) is 19.9 Å². The number of nitrogens with zero attached hydrogens (tertiary/aromatic N) is 1. The monoisotopic (exact) mass is 398 g/mol. The van der Waals surface area contributed by atoms with E-state index in [1.807, 2.05) is 57.1 Å². The summed E-state index contributed by atoms with van der Waals surface area (Å²) in [5.74, 6) is 1.20. The van der Waals surface area contributed by atoms with Crippen molar-refractivity contribution in [3.05, 3.63) is 47.0 Å². The number of hydrogen-bond acceptors (Lipinski definition) is 6. The first-order chi connectivity index (χ1) is 13.7. The normalized spacial score (nSPS) is 11.4. The highest BCUT2D eigenvalue weighted by atomic mass is 16.5. The number of carbonyl (C=O) groups is 1. The SMILES string of the molecule is COc1cc(OC)c(OC)c(C(=O)C(=Cc2ccc(N)c(N(C)C)c2)C(C)C)c1. The Hall–Kier alpha value is -3.15. The van der Waals surface area contributed by atoms with Gasteiger partial charge in [0.1, 0.15) is 5.75 Å². The van der Waals surface area contributed by atoms with Gasteiger partial charge in [-0.15, -0.1) is 0 Å². The second kappa shape index (κ2) is 9.37. The predicted molar refractivity (Wildman–Crippen MR) is 118 cm³/mol. The summed E-state index contributed by atoms with van der Waals surface area (Å²) in [7, 11) is 8.46. The largest absolute Gasteiger partial charge is 0.497 e. The molecular formula is C23H30N2O4. The Bertz CT molecular complexity index is 917. The van der Waals surface area contributed by atoms with Crippen molar-refractivity contribution in [2.45, 2.75) is 13.8 Å². The zero-order valence-corrected chi connectivity index (χ0v) is 18.2. The first kappa shape index (κ1) is 22.1.